The van der Waals surface area contributed by atoms with Gasteiger partial charge in [-0.1, -0.05) is 50.3 Å². The van der Waals surface area contributed by atoms with Crippen molar-refractivity contribution in [2.75, 3.05) is 0 Å². The smallest absolute Gasteiger partial charge is 0.0472 e. The zero-order chi connectivity index (χ0) is 14.4. The van der Waals surface area contributed by atoms with Gasteiger partial charge in [0.15, 0.2) is 0 Å². The van der Waals surface area contributed by atoms with E-state index in [-0.39, 0.29) is 0 Å². The second kappa shape index (κ2) is 7.70. The van der Waals surface area contributed by atoms with Gasteiger partial charge < -0.3 is 10.3 Å². The van der Waals surface area contributed by atoms with Crippen molar-refractivity contribution in [3.8, 4) is 0 Å². The van der Waals surface area contributed by atoms with Gasteiger partial charge in [-0.3, -0.25) is 0 Å². The van der Waals surface area contributed by atoms with E-state index in [0.717, 1.165) is 17.1 Å². The number of rotatable bonds is 8. The summed E-state index contributed by atoms with van der Waals surface area (Å²) in [4.78, 5) is 3.29. The minimum atomic E-state index is 0.573. The fourth-order valence-corrected chi connectivity index (χ4v) is 2.74. The van der Waals surface area contributed by atoms with Crippen LogP contribution in [0.4, 0.5) is 0 Å². The first-order chi connectivity index (χ1) is 9.70. The van der Waals surface area contributed by atoms with Crippen LogP contribution in [0.2, 0.25) is 5.02 Å². The Kier molecular flexibility index (Phi) is 5.93. The van der Waals surface area contributed by atoms with Crippen LogP contribution in [0.3, 0.4) is 0 Å². The minimum absolute atomic E-state index is 0.573. The van der Waals surface area contributed by atoms with E-state index in [4.69, 9.17) is 11.6 Å². The van der Waals surface area contributed by atoms with Crippen LogP contribution in [0.5, 0.6) is 0 Å². The van der Waals surface area contributed by atoms with E-state index in [9.17, 15) is 0 Å². The summed E-state index contributed by atoms with van der Waals surface area (Å²) in [5.74, 6) is 0. The summed E-state index contributed by atoms with van der Waals surface area (Å²) in [6, 6.07) is 6.60. The SMILES string of the molecule is CCCCCCC(C)NCc1c[nH]c2cc(Cl)ccc12. The largest absolute Gasteiger partial charge is 0.361 e. The molecule has 1 atom stereocenters. The van der Waals surface area contributed by atoms with Gasteiger partial charge in [-0.2, -0.15) is 0 Å². The van der Waals surface area contributed by atoms with Crippen molar-refractivity contribution in [1.82, 2.24) is 10.3 Å². The van der Waals surface area contributed by atoms with Gasteiger partial charge in [-0.05, 0) is 31.0 Å². The average molecular weight is 293 g/mol. The number of halogens is 1. The van der Waals surface area contributed by atoms with Gasteiger partial charge in [0.1, 0.15) is 0 Å². The van der Waals surface area contributed by atoms with Gasteiger partial charge in [0.2, 0.25) is 0 Å². The third-order valence-corrected chi connectivity index (χ3v) is 4.10. The molecule has 1 aromatic heterocycles. The predicted molar refractivity (Wildman–Crippen MR) is 88.4 cm³/mol. The molecule has 0 aliphatic rings. The Hall–Kier alpha value is -0.990. The van der Waals surface area contributed by atoms with Crippen LogP contribution in [0.25, 0.3) is 10.9 Å². The summed E-state index contributed by atoms with van der Waals surface area (Å²) in [7, 11) is 0. The zero-order valence-corrected chi connectivity index (χ0v) is 13.3. The first-order valence-electron chi connectivity index (χ1n) is 7.69. The van der Waals surface area contributed by atoms with Crippen LogP contribution < -0.4 is 5.32 Å². The Morgan fingerprint density at radius 3 is 2.90 bits per heavy atom. The molecule has 2 rings (SSSR count). The van der Waals surface area contributed by atoms with Crippen molar-refractivity contribution in [2.45, 2.75) is 58.5 Å². The Morgan fingerprint density at radius 1 is 1.25 bits per heavy atom. The zero-order valence-electron chi connectivity index (χ0n) is 12.5. The summed E-state index contributed by atoms with van der Waals surface area (Å²) in [6.45, 7) is 5.44. The van der Waals surface area contributed by atoms with E-state index < -0.39 is 0 Å². The maximum atomic E-state index is 6.00. The maximum absolute atomic E-state index is 6.00. The fourth-order valence-electron chi connectivity index (χ4n) is 2.57. The minimum Gasteiger partial charge on any atom is -0.361 e. The maximum Gasteiger partial charge on any atom is 0.0472 e. The molecule has 3 heteroatoms. The topological polar surface area (TPSA) is 27.8 Å². The number of unbranched alkanes of at least 4 members (excludes halogenated alkanes) is 3. The monoisotopic (exact) mass is 292 g/mol. The molecular formula is C17H25ClN2. The second-order valence-corrected chi connectivity index (χ2v) is 6.07. The van der Waals surface area contributed by atoms with Crippen molar-refractivity contribution >= 4 is 22.5 Å². The van der Waals surface area contributed by atoms with Gasteiger partial charge in [-0.25, -0.2) is 0 Å². The number of aromatic nitrogens is 1. The third kappa shape index (κ3) is 4.26. The lowest BCUT2D eigenvalue weighted by molar-refractivity contribution is 0.483. The van der Waals surface area contributed by atoms with Crippen LogP contribution in [-0.2, 0) is 6.54 Å². The normalized spacial score (nSPS) is 12.9. The number of nitrogens with one attached hydrogen (secondary N) is 2. The number of fused-ring (bicyclic) bond motifs is 1. The molecule has 1 unspecified atom stereocenters. The number of hydrogen-bond acceptors (Lipinski definition) is 1. The Bertz CT molecular complexity index is 533. The van der Waals surface area contributed by atoms with Crippen LogP contribution >= 0.6 is 11.6 Å². The molecule has 20 heavy (non-hydrogen) atoms. The summed E-state index contributed by atoms with van der Waals surface area (Å²) in [5, 5.41) is 5.66. The molecule has 0 amide bonds. The lowest BCUT2D eigenvalue weighted by Gasteiger charge is -2.13. The molecule has 1 aromatic carbocycles. The molecule has 2 N–H and O–H groups in total. The molecule has 0 saturated carbocycles. The lowest BCUT2D eigenvalue weighted by atomic mass is 10.1. The highest BCUT2D eigenvalue weighted by Gasteiger charge is 2.06. The molecule has 110 valence electrons. The van der Waals surface area contributed by atoms with Crippen molar-refractivity contribution in [2.24, 2.45) is 0 Å². The van der Waals surface area contributed by atoms with Crippen LogP contribution in [-0.4, -0.2) is 11.0 Å². The van der Waals surface area contributed by atoms with E-state index in [1.54, 1.807) is 0 Å². The third-order valence-electron chi connectivity index (χ3n) is 3.86. The van der Waals surface area contributed by atoms with E-state index in [1.807, 2.05) is 12.1 Å². The summed E-state index contributed by atoms with van der Waals surface area (Å²) >= 11 is 6.00. The average Bonchev–Trinajstić information content (AvgIpc) is 2.83. The molecule has 0 spiro atoms. The Morgan fingerprint density at radius 2 is 2.10 bits per heavy atom. The second-order valence-electron chi connectivity index (χ2n) is 5.64. The van der Waals surface area contributed by atoms with Crippen LogP contribution in [0.15, 0.2) is 24.4 Å². The molecule has 0 saturated heterocycles. The van der Waals surface area contributed by atoms with E-state index in [1.165, 1.54) is 43.1 Å². The molecule has 0 aliphatic heterocycles. The molecule has 1 heterocycles. The number of H-pyrrole nitrogens is 1. The molecular weight excluding hydrogens is 268 g/mol. The molecule has 0 bridgehead atoms. The molecule has 0 radical (unpaired) electrons. The van der Waals surface area contributed by atoms with Crippen molar-refractivity contribution in [3.63, 3.8) is 0 Å². The predicted octanol–water partition coefficient (Wildman–Crippen LogP) is 5.27. The first-order valence-corrected chi connectivity index (χ1v) is 8.07. The summed E-state index contributed by atoms with van der Waals surface area (Å²) in [6.07, 6.45) is 8.68. The summed E-state index contributed by atoms with van der Waals surface area (Å²) in [5.41, 5.74) is 2.43. The van der Waals surface area contributed by atoms with Gasteiger partial charge in [0.05, 0.1) is 0 Å². The van der Waals surface area contributed by atoms with Crippen molar-refractivity contribution in [1.29, 1.82) is 0 Å². The summed E-state index contributed by atoms with van der Waals surface area (Å²) < 4.78 is 0. The van der Waals surface area contributed by atoms with Gasteiger partial charge >= 0.3 is 0 Å². The molecule has 2 nitrogen and oxygen atoms in total. The van der Waals surface area contributed by atoms with E-state index >= 15 is 0 Å². The van der Waals surface area contributed by atoms with Gasteiger partial charge in [-0.15, -0.1) is 0 Å². The standard InChI is InChI=1S/C17H25ClN2/c1-3-4-5-6-7-13(2)19-11-14-12-20-17-10-15(18)8-9-16(14)17/h8-10,12-13,19-20H,3-7,11H2,1-2H3. The van der Waals surface area contributed by atoms with E-state index in [0.29, 0.717) is 6.04 Å². The Labute approximate surface area is 126 Å². The van der Waals surface area contributed by atoms with Crippen LogP contribution in [0, 0.1) is 0 Å². The first kappa shape index (κ1) is 15.4. The molecule has 0 fully saturated rings. The van der Waals surface area contributed by atoms with Crippen molar-refractivity contribution < 1.29 is 0 Å². The quantitative estimate of drug-likeness (QED) is 0.637. The number of aromatic amines is 1. The van der Waals surface area contributed by atoms with E-state index in [2.05, 4.69) is 36.4 Å². The van der Waals surface area contributed by atoms with Crippen molar-refractivity contribution in [3.05, 3.63) is 35.0 Å². The Balaban J connectivity index is 1.83. The van der Waals surface area contributed by atoms with Gasteiger partial charge in [0, 0.05) is 34.7 Å². The molecule has 2 aromatic rings. The number of benzene rings is 1. The molecule has 0 aliphatic carbocycles. The highest BCUT2D eigenvalue weighted by Crippen LogP contribution is 2.22. The lowest BCUT2D eigenvalue weighted by Crippen LogP contribution is -2.25. The number of hydrogen-bond donors (Lipinski definition) is 2. The van der Waals surface area contributed by atoms with Crippen LogP contribution in [0.1, 0.15) is 51.5 Å². The highest BCUT2D eigenvalue weighted by molar-refractivity contribution is 6.31. The highest BCUT2D eigenvalue weighted by atomic mass is 35.5. The fraction of sp³-hybridized carbons (Fsp3) is 0.529. The van der Waals surface area contributed by atoms with Gasteiger partial charge in [0.25, 0.3) is 0 Å².